The van der Waals surface area contributed by atoms with Crippen molar-refractivity contribution in [3.8, 4) is 11.5 Å². The molecule has 1 heterocycles. The average Bonchev–Trinajstić information content (AvgIpc) is 3.20. The van der Waals surface area contributed by atoms with Crippen LogP contribution in [0.1, 0.15) is 12.5 Å². The summed E-state index contributed by atoms with van der Waals surface area (Å²) in [4.78, 5) is 24.4. The van der Waals surface area contributed by atoms with Crippen molar-refractivity contribution in [2.24, 2.45) is 0 Å². The molecule has 0 aromatic heterocycles. The number of rotatable bonds is 5. The summed E-state index contributed by atoms with van der Waals surface area (Å²) in [5, 5.41) is 4.87. The van der Waals surface area contributed by atoms with Crippen molar-refractivity contribution in [1.29, 1.82) is 0 Å². The molecule has 1 N–H and O–H groups in total. The van der Waals surface area contributed by atoms with Gasteiger partial charge in [0.25, 0.3) is 5.91 Å². The number of fused-ring (bicyclic) bond motifs is 2. The monoisotopic (exact) mass is 389 g/mol. The first kappa shape index (κ1) is 18.6. The van der Waals surface area contributed by atoms with Crippen molar-refractivity contribution in [2.75, 3.05) is 12.1 Å². The maximum absolute atomic E-state index is 12.3. The van der Waals surface area contributed by atoms with Gasteiger partial charge in [-0.15, -0.1) is 0 Å². The summed E-state index contributed by atoms with van der Waals surface area (Å²) < 4.78 is 15.7. The SMILES string of the molecule is C[C@@H](OC(=O)/C=C/c1ccc2c(c1)OCO2)C(=O)Nc1ccc2ccccc2c1. The molecule has 0 radical (unpaired) electrons. The van der Waals surface area contributed by atoms with Crippen molar-refractivity contribution in [3.05, 3.63) is 72.3 Å². The van der Waals surface area contributed by atoms with Crippen molar-refractivity contribution in [3.63, 3.8) is 0 Å². The number of nitrogens with one attached hydrogen (secondary N) is 1. The van der Waals surface area contributed by atoms with Gasteiger partial charge >= 0.3 is 5.97 Å². The molecule has 146 valence electrons. The van der Waals surface area contributed by atoms with Crippen LogP contribution in [0.15, 0.2) is 66.7 Å². The van der Waals surface area contributed by atoms with Crippen LogP contribution in [0.4, 0.5) is 5.69 Å². The zero-order valence-electron chi connectivity index (χ0n) is 15.8. The lowest BCUT2D eigenvalue weighted by atomic mass is 10.1. The van der Waals surface area contributed by atoms with Gasteiger partial charge in [-0.1, -0.05) is 36.4 Å². The molecular weight excluding hydrogens is 370 g/mol. The van der Waals surface area contributed by atoms with Crippen LogP contribution in [-0.4, -0.2) is 24.8 Å². The third kappa shape index (κ3) is 4.38. The van der Waals surface area contributed by atoms with E-state index in [0.717, 1.165) is 16.3 Å². The summed E-state index contributed by atoms with van der Waals surface area (Å²) in [5.41, 5.74) is 1.41. The number of amides is 1. The molecule has 0 fully saturated rings. The van der Waals surface area contributed by atoms with Crippen LogP contribution in [0.25, 0.3) is 16.8 Å². The Balaban J connectivity index is 1.34. The number of esters is 1. The van der Waals surface area contributed by atoms with E-state index in [2.05, 4.69) is 5.32 Å². The van der Waals surface area contributed by atoms with E-state index in [9.17, 15) is 9.59 Å². The topological polar surface area (TPSA) is 73.9 Å². The van der Waals surface area contributed by atoms with Gasteiger partial charge < -0.3 is 19.5 Å². The van der Waals surface area contributed by atoms with Crippen LogP contribution in [0.5, 0.6) is 11.5 Å². The number of hydrogen-bond acceptors (Lipinski definition) is 5. The number of benzene rings is 3. The molecule has 0 saturated heterocycles. The zero-order chi connectivity index (χ0) is 20.2. The Hall–Kier alpha value is -3.80. The van der Waals surface area contributed by atoms with Gasteiger partial charge in [-0.05, 0) is 53.6 Å². The average molecular weight is 389 g/mol. The Kier molecular flexibility index (Phi) is 5.16. The van der Waals surface area contributed by atoms with Gasteiger partial charge in [-0.2, -0.15) is 0 Å². The molecule has 3 aromatic rings. The molecule has 1 aliphatic heterocycles. The fourth-order valence-corrected chi connectivity index (χ4v) is 2.96. The maximum atomic E-state index is 12.3. The second kappa shape index (κ2) is 8.06. The molecular formula is C23H19NO5. The second-order valence-corrected chi connectivity index (χ2v) is 6.58. The Morgan fingerprint density at radius 3 is 2.66 bits per heavy atom. The van der Waals surface area contributed by atoms with Crippen molar-refractivity contribution in [1.82, 2.24) is 0 Å². The molecule has 29 heavy (non-hydrogen) atoms. The van der Waals surface area contributed by atoms with E-state index < -0.39 is 18.0 Å². The highest BCUT2D eigenvalue weighted by atomic mass is 16.7. The highest BCUT2D eigenvalue weighted by Gasteiger charge is 2.17. The number of carbonyl (C=O) groups excluding carboxylic acids is 2. The van der Waals surface area contributed by atoms with Gasteiger partial charge in [0.2, 0.25) is 6.79 Å². The number of carbonyl (C=O) groups is 2. The van der Waals surface area contributed by atoms with Crippen LogP contribution in [-0.2, 0) is 14.3 Å². The summed E-state index contributed by atoms with van der Waals surface area (Å²) >= 11 is 0. The smallest absolute Gasteiger partial charge is 0.331 e. The van der Waals surface area contributed by atoms with E-state index in [1.807, 2.05) is 42.5 Å². The Morgan fingerprint density at radius 1 is 1.00 bits per heavy atom. The molecule has 0 unspecified atom stereocenters. The lowest BCUT2D eigenvalue weighted by molar-refractivity contribution is -0.148. The molecule has 1 aliphatic rings. The molecule has 6 nitrogen and oxygen atoms in total. The summed E-state index contributed by atoms with van der Waals surface area (Å²) in [7, 11) is 0. The lowest BCUT2D eigenvalue weighted by Crippen LogP contribution is -2.29. The van der Waals surface area contributed by atoms with E-state index >= 15 is 0 Å². The number of ether oxygens (including phenoxy) is 3. The predicted molar refractivity (Wildman–Crippen MR) is 110 cm³/mol. The van der Waals surface area contributed by atoms with Gasteiger partial charge in [0, 0.05) is 11.8 Å². The lowest BCUT2D eigenvalue weighted by Gasteiger charge is -2.13. The molecule has 6 heteroatoms. The van der Waals surface area contributed by atoms with Crippen molar-refractivity contribution < 1.29 is 23.8 Å². The zero-order valence-corrected chi connectivity index (χ0v) is 15.8. The Labute approximate surface area is 167 Å². The summed E-state index contributed by atoms with van der Waals surface area (Å²) in [5.74, 6) is 0.293. The van der Waals surface area contributed by atoms with E-state index in [-0.39, 0.29) is 6.79 Å². The van der Waals surface area contributed by atoms with Gasteiger partial charge in [-0.25, -0.2) is 4.79 Å². The van der Waals surface area contributed by atoms with Crippen molar-refractivity contribution >= 4 is 34.4 Å². The Bertz CT molecular complexity index is 1110. The normalized spacial score (nSPS) is 13.4. The highest BCUT2D eigenvalue weighted by Crippen LogP contribution is 2.32. The third-order valence-electron chi connectivity index (χ3n) is 4.49. The molecule has 0 aliphatic carbocycles. The summed E-state index contributed by atoms with van der Waals surface area (Å²) in [6, 6.07) is 18.8. The fourth-order valence-electron chi connectivity index (χ4n) is 2.96. The summed E-state index contributed by atoms with van der Waals surface area (Å²) in [6.45, 7) is 1.72. The number of anilines is 1. The van der Waals surface area contributed by atoms with Crippen LogP contribution >= 0.6 is 0 Å². The number of hydrogen-bond donors (Lipinski definition) is 1. The van der Waals surface area contributed by atoms with Crippen LogP contribution in [0.3, 0.4) is 0 Å². The van der Waals surface area contributed by atoms with E-state index in [4.69, 9.17) is 14.2 Å². The minimum Gasteiger partial charge on any atom is -0.454 e. The second-order valence-electron chi connectivity index (χ2n) is 6.58. The first-order chi connectivity index (χ1) is 14.1. The van der Waals surface area contributed by atoms with E-state index in [1.165, 1.54) is 13.0 Å². The van der Waals surface area contributed by atoms with Crippen LogP contribution in [0.2, 0.25) is 0 Å². The van der Waals surface area contributed by atoms with Gasteiger partial charge in [-0.3, -0.25) is 4.79 Å². The summed E-state index contributed by atoms with van der Waals surface area (Å²) in [6.07, 6.45) is 1.94. The first-order valence-corrected chi connectivity index (χ1v) is 9.16. The molecule has 0 spiro atoms. The standard InChI is InChI=1S/C23H19NO5/c1-15(23(26)24-19-9-8-17-4-2-3-5-18(17)13-19)29-22(25)11-7-16-6-10-20-21(12-16)28-14-27-20/h2-13,15H,14H2,1H3,(H,24,26)/b11-7+/t15-/m1/s1. The predicted octanol–water partition coefficient (Wildman–Crippen LogP) is 4.15. The van der Waals surface area contributed by atoms with Crippen LogP contribution in [0, 0.1) is 0 Å². The maximum Gasteiger partial charge on any atom is 0.331 e. The minimum absolute atomic E-state index is 0.189. The van der Waals surface area contributed by atoms with E-state index in [0.29, 0.717) is 17.2 Å². The highest BCUT2D eigenvalue weighted by molar-refractivity contribution is 5.98. The molecule has 0 saturated carbocycles. The molecule has 3 aromatic carbocycles. The minimum atomic E-state index is -0.935. The fraction of sp³-hybridized carbons (Fsp3) is 0.130. The third-order valence-corrected chi connectivity index (χ3v) is 4.49. The first-order valence-electron chi connectivity index (χ1n) is 9.16. The van der Waals surface area contributed by atoms with Gasteiger partial charge in [0.15, 0.2) is 17.6 Å². The molecule has 4 rings (SSSR count). The van der Waals surface area contributed by atoms with Gasteiger partial charge in [0.1, 0.15) is 0 Å². The molecule has 0 bridgehead atoms. The molecule has 1 amide bonds. The largest absolute Gasteiger partial charge is 0.454 e. The Morgan fingerprint density at radius 2 is 1.79 bits per heavy atom. The molecule has 1 atom stereocenters. The van der Waals surface area contributed by atoms with Gasteiger partial charge in [0.05, 0.1) is 0 Å². The van der Waals surface area contributed by atoms with E-state index in [1.54, 1.807) is 24.3 Å². The van der Waals surface area contributed by atoms with Crippen LogP contribution < -0.4 is 14.8 Å². The van der Waals surface area contributed by atoms with Crippen molar-refractivity contribution in [2.45, 2.75) is 13.0 Å². The quantitative estimate of drug-likeness (QED) is 0.524.